The maximum absolute atomic E-state index is 15.4. The second-order valence-electron chi connectivity index (χ2n) is 13.4. The number of aromatic nitrogens is 8. The summed E-state index contributed by atoms with van der Waals surface area (Å²) in [6.07, 6.45) is 0.103. The zero-order chi connectivity index (χ0) is 36.7. The normalized spacial score (nSPS) is 13.8. The molecule has 0 radical (unpaired) electrons. The number of aryl methyl sites for hydroxylation is 2. The van der Waals surface area contributed by atoms with E-state index >= 15 is 4.39 Å². The lowest BCUT2D eigenvalue weighted by molar-refractivity contribution is -0.140. The Kier molecular flexibility index (Phi) is 10.1. The van der Waals surface area contributed by atoms with Crippen LogP contribution < -0.4 is 9.47 Å². The fourth-order valence-corrected chi connectivity index (χ4v) is 6.21. The van der Waals surface area contributed by atoms with E-state index in [0.29, 0.717) is 23.3 Å². The fourth-order valence-electron chi connectivity index (χ4n) is 5.46. The average Bonchev–Trinajstić information content (AvgIpc) is 3.72. The van der Waals surface area contributed by atoms with Gasteiger partial charge in [-0.1, -0.05) is 19.6 Å². The first-order valence-corrected chi connectivity index (χ1v) is 20.0. The molecule has 272 valence electrons. The summed E-state index contributed by atoms with van der Waals surface area (Å²) in [7, 11) is -1.38. The molecule has 0 unspecified atom stereocenters. The van der Waals surface area contributed by atoms with Gasteiger partial charge in [0.05, 0.1) is 11.2 Å². The van der Waals surface area contributed by atoms with Crippen molar-refractivity contribution in [1.29, 1.82) is 0 Å². The van der Waals surface area contributed by atoms with Gasteiger partial charge >= 0.3 is 12.8 Å². The zero-order valence-electron chi connectivity index (χ0n) is 28.6. The van der Waals surface area contributed by atoms with Crippen LogP contribution in [0.25, 0.3) is 33.9 Å². The van der Waals surface area contributed by atoms with Crippen LogP contribution >= 0.6 is 0 Å². The highest BCUT2D eigenvalue weighted by molar-refractivity contribution is 6.76. The van der Waals surface area contributed by atoms with Crippen LogP contribution in [-0.2, 0) is 30.8 Å². The Hall–Kier alpha value is -4.58. The van der Waals surface area contributed by atoms with Crippen molar-refractivity contribution in [3.8, 4) is 34.7 Å². The Morgan fingerprint density at radius 2 is 1.78 bits per heavy atom. The molecule has 5 aromatic rings. The minimum absolute atomic E-state index is 0.000949. The molecule has 11 nitrogen and oxygen atoms in total. The van der Waals surface area contributed by atoms with E-state index in [9.17, 15) is 22.0 Å². The van der Waals surface area contributed by atoms with Crippen LogP contribution in [0.3, 0.4) is 0 Å². The van der Waals surface area contributed by atoms with Crippen molar-refractivity contribution in [2.45, 2.75) is 91.0 Å². The van der Waals surface area contributed by atoms with Crippen molar-refractivity contribution >= 4 is 19.1 Å². The standard InChI is InChI=1S/C33H36F6N8O3Si/c1-6-46-14-23(33(37,38)39)44-29(46)26-21(34)12-19(13-40-26)15-49-31-27-22(11-18(2)47(27)17-48-9-10-51(3,4)5)43-28(45-31)24-25(20-7-8-20)41-16-42-30(24)50-32(35)36/h11-14,16,20,32H,6-10,15,17H2,1-5H3. The van der Waals surface area contributed by atoms with Crippen molar-refractivity contribution in [2.75, 3.05) is 6.61 Å². The van der Waals surface area contributed by atoms with Gasteiger partial charge in [0.1, 0.15) is 36.4 Å². The molecule has 1 aliphatic rings. The lowest BCUT2D eigenvalue weighted by Crippen LogP contribution is -2.22. The van der Waals surface area contributed by atoms with E-state index in [4.69, 9.17) is 19.2 Å². The van der Waals surface area contributed by atoms with E-state index in [1.807, 2.05) is 11.5 Å². The molecule has 5 heterocycles. The molecule has 6 rings (SSSR count). The lowest BCUT2D eigenvalue weighted by atomic mass is 10.1. The molecule has 18 heteroatoms. The summed E-state index contributed by atoms with van der Waals surface area (Å²) in [6, 6.07) is 3.81. The van der Waals surface area contributed by atoms with E-state index in [1.54, 1.807) is 13.0 Å². The first-order chi connectivity index (χ1) is 24.1. The third kappa shape index (κ3) is 8.16. The van der Waals surface area contributed by atoms with Gasteiger partial charge in [-0.15, -0.1) is 0 Å². The fraction of sp³-hybridized carbons (Fsp3) is 0.455. The highest BCUT2D eigenvalue weighted by Crippen LogP contribution is 2.46. The number of nitrogens with zero attached hydrogens (tertiary/aromatic N) is 8. The Labute approximate surface area is 290 Å². The third-order valence-electron chi connectivity index (χ3n) is 8.26. The van der Waals surface area contributed by atoms with Crippen LogP contribution in [-0.4, -0.2) is 60.3 Å². The van der Waals surface area contributed by atoms with Gasteiger partial charge in [-0.2, -0.15) is 26.9 Å². The average molecular weight is 735 g/mol. The summed E-state index contributed by atoms with van der Waals surface area (Å²) in [5.74, 6) is -1.53. The SMILES string of the molecule is CCn1cc(C(F)(F)F)nc1-c1ncc(COc2nc(-c3c(OC(F)F)ncnc3C3CC3)nc3cc(C)n(COCC[Si](C)(C)C)c23)cc1F. The molecule has 1 fully saturated rings. The van der Waals surface area contributed by atoms with E-state index in [-0.39, 0.29) is 66.0 Å². The molecule has 0 aliphatic heterocycles. The predicted octanol–water partition coefficient (Wildman–Crippen LogP) is 8.00. The molecule has 1 aliphatic carbocycles. The monoisotopic (exact) mass is 734 g/mol. The number of hydrogen-bond acceptors (Lipinski definition) is 9. The van der Waals surface area contributed by atoms with E-state index in [2.05, 4.69) is 44.6 Å². The molecule has 51 heavy (non-hydrogen) atoms. The van der Waals surface area contributed by atoms with Crippen molar-refractivity contribution < 1.29 is 40.6 Å². The Morgan fingerprint density at radius 1 is 1.02 bits per heavy atom. The number of hydrogen-bond donors (Lipinski definition) is 0. The Bertz CT molecular complexity index is 2040. The van der Waals surface area contributed by atoms with Crippen LogP contribution in [0, 0.1) is 12.7 Å². The maximum Gasteiger partial charge on any atom is 0.434 e. The number of rotatable bonds is 14. The molecular formula is C33H36F6N8O3Si. The van der Waals surface area contributed by atoms with Gasteiger partial charge in [-0.05, 0) is 44.9 Å². The van der Waals surface area contributed by atoms with Gasteiger partial charge in [-0.25, -0.2) is 29.3 Å². The molecule has 0 aromatic carbocycles. The van der Waals surface area contributed by atoms with E-state index < -0.39 is 32.4 Å². The predicted molar refractivity (Wildman–Crippen MR) is 176 cm³/mol. The second-order valence-corrected chi connectivity index (χ2v) is 19.1. The summed E-state index contributed by atoms with van der Waals surface area (Å²) >= 11 is 0. The van der Waals surface area contributed by atoms with Crippen LogP contribution in [0.4, 0.5) is 26.3 Å². The molecule has 0 atom stereocenters. The van der Waals surface area contributed by atoms with Gasteiger partial charge in [0.25, 0.3) is 0 Å². The molecule has 0 N–H and O–H groups in total. The minimum Gasteiger partial charge on any atom is -0.471 e. The van der Waals surface area contributed by atoms with Crippen molar-refractivity contribution in [3.05, 3.63) is 59.3 Å². The number of imidazole rings is 1. The van der Waals surface area contributed by atoms with Crippen LogP contribution in [0.15, 0.2) is 30.9 Å². The quantitative estimate of drug-likeness (QED) is 0.0636. The van der Waals surface area contributed by atoms with Crippen LogP contribution in [0.1, 0.15) is 48.3 Å². The van der Waals surface area contributed by atoms with Gasteiger partial charge < -0.3 is 23.3 Å². The van der Waals surface area contributed by atoms with Gasteiger partial charge in [0.15, 0.2) is 23.2 Å². The Morgan fingerprint density at radius 3 is 2.43 bits per heavy atom. The first kappa shape index (κ1) is 36.2. The Balaban J connectivity index is 1.38. The van der Waals surface area contributed by atoms with Crippen LogP contribution in [0.5, 0.6) is 11.8 Å². The lowest BCUT2D eigenvalue weighted by Gasteiger charge is -2.17. The number of halogens is 6. The smallest absolute Gasteiger partial charge is 0.434 e. The van der Waals surface area contributed by atoms with E-state index in [0.717, 1.165) is 43.2 Å². The maximum atomic E-state index is 15.4. The number of fused-ring (bicyclic) bond motifs is 1. The number of ether oxygens (including phenoxy) is 3. The van der Waals surface area contributed by atoms with Crippen molar-refractivity contribution in [1.82, 2.24) is 39.0 Å². The molecular weight excluding hydrogens is 698 g/mol. The summed E-state index contributed by atoms with van der Waals surface area (Å²) in [5.41, 5.74) is 0.928. The topological polar surface area (TPSA) is 115 Å². The van der Waals surface area contributed by atoms with Crippen molar-refractivity contribution in [2.24, 2.45) is 0 Å². The summed E-state index contributed by atoms with van der Waals surface area (Å²) < 4.78 is 102. The zero-order valence-corrected chi connectivity index (χ0v) is 29.6. The van der Waals surface area contributed by atoms with Gasteiger partial charge in [0, 0.05) is 50.8 Å². The van der Waals surface area contributed by atoms with E-state index in [1.165, 1.54) is 10.8 Å². The molecule has 5 aromatic heterocycles. The number of pyridine rings is 1. The summed E-state index contributed by atoms with van der Waals surface area (Å²) in [4.78, 5) is 25.4. The minimum atomic E-state index is -4.71. The molecule has 0 spiro atoms. The number of alkyl halides is 5. The molecule has 0 amide bonds. The van der Waals surface area contributed by atoms with Crippen LogP contribution in [0.2, 0.25) is 25.7 Å². The summed E-state index contributed by atoms with van der Waals surface area (Å²) in [5, 5.41) is 0. The highest BCUT2D eigenvalue weighted by Gasteiger charge is 2.36. The summed E-state index contributed by atoms with van der Waals surface area (Å²) in [6.45, 7) is 7.53. The second kappa shape index (κ2) is 14.2. The van der Waals surface area contributed by atoms with Crippen molar-refractivity contribution in [3.63, 3.8) is 0 Å². The molecule has 0 saturated heterocycles. The largest absolute Gasteiger partial charge is 0.471 e. The first-order valence-electron chi connectivity index (χ1n) is 16.3. The van der Waals surface area contributed by atoms with Gasteiger partial charge in [0.2, 0.25) is 11.8 Å². The van der Waals surface area contributed by atoms with Gasteiger partial charge in [-0.3, -0.25) is 0 Å². The molecule has 0 bridgehead atoms. The highest BCUT2D eigenvalue weighted by atomic mass is 28.3. The molecule has 1 saturated carbocycles. The third-order valence-corrected chi connectivity index (χ3v) is 9.96.